The van der Waals surface area contributed by atoms with Gasteiger partial charge in [0.1, 0.15) is 0 Å². The highest BCUT2D eigenvalue weighted by molar-refractivity contribution is 7.88. The summed E-state index contributed by atoms with van der Waals surface area (Å²) in [5.74, 6) is 0.387. The number of benzene rings is 1. The van der Waals surface area contributed by atoms with Crippen molar-refractivity contribution in [3.05, 3.63) is 35.4 Å². The molecule has 0 bridgehead atoms. The SMILES string of the molecule is CNCc1ccc(CS(=O)(=O)N(CC(C)C)C(C)C)cc1. The molecule has 0 fully saturated rings. The molecule has 0 atom stereocenters. The van der Waals surface area contributed by atoms with Gasteiger partial charge < -0.3 is 5.32 Å². The van der Waals surface area contributed by atoms with Gasteiger partial charge in [0, 0.05) is 19.1 Å². The van der Waals surface area contributed by atoms with Crippen molar-refractivity contribution in [2.75, 3.05) is 13.6 Å². The summed E-state index contributed by atoms with van der Waals surface area (Å²) >= 11 is 0. The lowest BCUT2D eigenvalue weighted by Crippen LogP contribution is -2.40. The van der Waals surface area contributed by atoms with Crippen LogP contribution in [0.5, 0.6) is 0 Å². The summed E-state index contributed by atoms with van der Waals surface area (Å²) in [7, 11) is -1.38. The fraction of sp³-hybridized carbons (Fsp3) is 0.625. The van der Waals surface area contributed by atoms with Crippen molar-refractivity contribution in [1.82, 2.24) is 9.62 Å². The second-order valence-corrected chi connectivity index (χ2v) is 8.08. The molecule has 0 saturated heterocycles. The molecular formula is C16H28N2O2S. The van der Waals surface area contributed by atoms with E-state index >= 15 is 0 Å². The molecule has 120 valence electrons. The van der Waals surface area contributed by atoms with Crippen LogP contribution in [0.2, 0.25) is 0 Å². The molecule has 1 aromatic carbocycles. The van der Waals surface area contributed by atoms with E-state index in [-0.39, 0.29) is 11.8 Å². The van der Waals surface area contributed by atoms with Crippen LogP contribution < -0.4 is 5.32 Å². The smallest absolute Gasteiger partial charge is 0.218 e. The van der Waals surface area contributed by atoms with Crippen molar-refractivity contribution in [1.29, 1.82) is 0 Å². The lowest BCUT2D eigenvalue weighted by Gasteiger charge is -2.27. The first-order valence-corrected chi connectivity index (χ1v) is 9.09. The van der Waals surface area contributed by atoms with E-state index in [1.54, 1.807) is 4.31 Å². The van der Waals surface area contributed by atoms with E-state index in [4.69, 9.17) is 0 Å². The lowest BCUT2D eigenvalue weighted by molar-refractivity contribution is 0.318. The average molecular weight is 312 g/mol. The number of hydrogen-bond donors (Lipinski definition) is 1. The van der Waals surface area contributed by atoms with Crippen LogP contribution in [0.15, 0.2) is 24.3 Å². The number of nitrogens with one attached hydrogen (secondary N) is 1. The molecule has 0 radical (unpaired) electrons. The van der Waals surface area contributed by atoms with Crippen LogP contribution in [-0.2, 0) is 22.3 Å². The minimum Gasteiger partial charge on any atom is -0.316 e. The number of nitrogens with zero attached hydrogens (tertiary/aromatic N) is 1. The summed E-state index contributed by atoms with van der Waals surface area (Å²) in [6.45, 7) is 9.29. The van der Waals surface area contributed by atoms with Crippen molar-refractivity contribution in [2.24, 2.45) is 5.92 Å². The Bertz CT molecular complexity index is 522. The minimum atomic E-state index is -3.28. The van der Waals surface area contributed by atoms with Gasteiger partial charge in [0.05, 0.1) is 5.75 Å². The second-order valence-electron chi connectivity index (χ2n) is 6.16. The van der Waals surface area contributed by atoms with Crippen LogP contribution >= 0.6 is 0 Å². The van der Waals surface area contributed by atoms with Gasteiger partial charge in [-0.3, -0.25) is 0 Å². The zero-order valence-electron chi connectivity index (χ0n) is 13.8. The summed E-state index contributed by atoms with van der Waals surface area (Å²) in [4.78, 5) is 0. The van der Waals surface area contributed by atoms with Gasteiger partial charge in [0.15, 0.2) is 0 Å². The standard InChI is InChI=1S/C16H28N2O2S/c1-13(2)11-18(14(3)4)21(19,20)12-16-8-6-15(7-9-16)10-17-5/h6-9,13-14,17H,10-12H2,1-5H3. The van der Waals surface area contributed by atoms with Gasteiger partial charge in [-0.15, -0.1) is 0 Å². The van der Waals surface area contributed by atoms with Crippen LogP contribution in [-0.4, -0.2) is 32.4 Å². The third-order valence-corrected chi connectivity index (χ3v) is 5.21. The average Bonchev–Trinajstić information content (AvgIpc) is 2.37. The maximum atomic E-state index is 12.6. The first-order chi connectivity index (χ1) is 9.76. The predicted octanol–water partition coefficient (Wildman–Crippen LogP) is 2.60. The van der Waals surface area contributed by atoms with Crippen LogP contribution in [0.4, 0.5) is 0 Å². The van der Waals surface area contributed by atoms with Gasteiger partial charge in [0.2, 0.25) is 10.0 Å². The molecule has 0 aromatic heterocycles. The molecule has 0 amide bonds. The molecule has 0 heterocycles. The number of rotatable bonds is 8. The molecule has 1 aromatic rings. The Morgan fingerprint density at radius 1 is 1.05 bits per heavy atom. The first kappa shape index (κ1) is 18.1. The maximum absolute atomic E-state index is 12.6. The third-order valence-electron chi connectivity index (χ3n) is 3.23. The van der Waals surface area contributed by atoms with E-state index < -0.39 is 10.0 Å². The number of hydrogen-bond acceptors (Lipinski definition) is 3. The van der Waals surface area contributed by atoms with E-state index in [0.29, 0.717) is 12.5 Å². The van der Waals surface area contributed by atoms with Crippen molar-refractivity contribution in [2.45, 2.75) is 46.0 Å². The fourth-order valence-electron chi connectivity index (χ4n) is 2.26. The van der Waals surface area contributed by atoms with Crippen LogP contribution in [0, 0.1) is 5.92 Å². The fourth-order valence-corrected chi connectivity index (χ4v) is 4.20. The number of sulfonamides is 1. The first-order valence-electron chi connectivity index (χ1n) is 7.48. The maximum Gasteiger partial charge on any atom is 0.218 e. The van der Waals surface area contributed by atoms with Crippen LogP contribution in [0.25, 0.3) is 0 Å². The Hall–Kier alpha value is -0.910. The van der Waals surface area contributed by atoms with Gasteiger partial charge in [-0.25, -0.2) is 8.42 Å². The highest BCUT2D eigenvalue weighted by Gasteiger charge is 2.25. The molecule has 1 N–H and O–H groups in total. The largest absolute Gasteiger partial charge is 0.316 e. The van der Waals surface area contributed by atoms with E-state index in [1.165, 1.54) is 0 Å². The molecule has 0 unspecified atom stereocenters. The zero-order chi connectivity index (χ0) is 16.0. The third kappa shape index (κ3) is 5.77. The quantitative estimate of drug-likeness (QED) is 0.803. The Kier molecular flexibility index (Phi) is 6.84. The summed E-state index contributed by atoms with van der Waals surface area (Å²) in [6.07, 6.45) is 0. The van der Waals surface area contributed by atoms with Crippen molar-refractivity contribution < 1.29 is 8.42 Å². The Morgan fingerprint density at radius 3 is 2.00 bits per heavy atom. The monoisotopic (exact) mass is 312 g/mol. The van der Waals surface area contributed by atoms with Crippen LogP contribution in [0.1, 0.15) is 38.8 Å². The molecule has 0 spiro atoms. The van der Waals surface area contributed by atoms with Gasteiger partial charge in [-0.05, 0) is 37.9 Å². The highest BCUT2D eigenvalue weighted by Crippen LogP contribution is 2.16. The molecule has 1 rings (SSSR count). The van der Waals surface area contributed by atoms with E-state index in [9.17, 15) is 8.42 Å². The summed E-state index contributed by atoms with van der Waals surface area (Å²) in [5.41, 5.74) is 1.99. The Balaban J connectivity index is 2.86. The predicted molar refractivity (Wildman–Crippen MR) is 88.5 cm³/mol. The van der Waals surface area contributed by atoms with E-state index in [0.717, 1.165) is 17.7 Å². The summed E-state index contributed by atoms with van der Waals surface area (Å²) in [5, 5.41) is 3.08. The molecular weight excluding hydrogens is 284 g/mol. The second kappa shape index (κ2) is 7.92. The minimum absolute atomic E-state index is 0.0130. The van der Waals surface area contributed by atoms with Crippen LogP contribution in [0.3, 0.4) is 0 Å². The normalized spacial score (nSPS) is 12.6. The highest BCUT2D eigenvalue weighted by atomic mass is 32.2. The topological polar surface area (TPSA) is 49.4 Å². The van der Waals surface area contributed by atoms with Crippen molar-refractivity contribution >= 4 is 10.0 Å². The van der Waals surface area contributed by atoms with Crippen molar-refractivity contribution in [3.8, 4) is 0 Å². The van der Waals surface area contributed by atoms with Gasteiger partial charge in [-0.2, -0.15) is 4.31 Å². The molecule has 21 heavy (non-hydrogen) atoms. The van der Waals surface area contributed by atoms with Gasteiger partial charge in [-0.1, -0.05) is 38.1 Å². The molecule has 5 heteroatoms. The lowest BCUT2D eigenvalue weighted by atomic mass is 10.1. The Labute approximate surface area is 129 Å². The van der Waals surface area contributed by atoms with E-state index in [2.05, 4.69) is 5.32 Å². The van der Waals surface area contributed by atoms with Crippen molar-refractivity contribution in [3.63, 3.8) is 0 Å². The van der Waals surface area contributed by atoms with E-state index in [1.807, 2.05) is 59.0 Å². The summed E-state index contributed by atoms with van der Waals surface area (Å²) in [6, 6.07) is 7.74. The molecule has 0 aliphatic rings. The van der Waals surface area contributed by atoms with Gasteiger partial charge in [0.25, 0.3) is 0 Å². The molecule has 0 saturated carbocycles. The zero-order valence-corrected chi connectivity index (χ0v) is 14.6. The Morgan fingerprint density at radius 2 is 1.57 bits per heavy atom. The molecule has 4 nitrogen and oxygen atoms in total. The summed E-state index contributed by atoms with van der Waals surface area (Å²) < 4.78 is 26.8. The van der Waals surface area contributed by atoms with Gasteiger partial charge >= 0.3 is 0 Å². The molecule has 0 aliphatic carbocycles. The molecule has 0 aliphatic heterocycles.